The zero-order chi connectivity index (χ0) is 18.8. The van der Waals surface area contributed by atoms with E-state index in [1.54, 1.807) is 0 Å². The number of nitrogens with zero attached hydrogens (tertiary/aromatic N) is 1. The Balaban J connectivity index is 0.00000243. The molecule has 1 aliphatic rings. The fraction of sp³-hybridized carbons (Fsp3) is 0.542. The summed E-state index contributed by atoms with van der Waals surface area (Å²) in [6.45, 7) is 20.9. The minimum atomic E-state index is 0. The van der Waals surface area contributed by atoms with Gasteiger partial charge in [0.05, 0.1) is 0 Å². The molecule has 1 aromatic heterocycles. The summed E-state index contributed by atoms with van der Waals surface area (Å²) in [5, 5.41) is 0. The molecule has 3 rings (SSSR count). The monoisotopic (exact) mass is 527 g/mol. The van der Waals surface area contributed by atoms with Gasteiger partial charge in [0, 0.05) is 26.3 Å². The second-order valence-corrected chi connectivity index (χ2v) is 10.2. The Morgan fingerprint density at radius 2 is 1.46 bits per heavy atom. The van der Waals surface area contributed by atoms with Crippen LogP contribution in [0.15, 0.2) is 30.5 Å². The average molecular weight is 527 g/mol. The molecule has 143 valence electrons. The Labute approximate surface area is 173 Å². The van der Waals surface area contributed by atoms with E-state index in [4.69, 9.17) is 4.98 Å². The third-order valence-electron chi connectivity index (χ3n) is 7.33. The molecule has 0 amide bonds. The quantitative estimate of drug-likeness (QED) is 0.390. The maximum absolute atomic E-state index is 4.73. The van der Waals surface area contributed by atoms with Crippen molar-refractivity contribution in [1.82, 2.24) is 4.98 Å². The smallest absolute Gasteiger partial charge is 0.0198 e. The van der Waals surface area contributed by atoms with Gasteiger partial charge in [-0.3, -0.25) is 0 Å². The van der Waals surface area contributed by atoms with Gasteiger partial charge >= 0.3 is 0 Å². The molecule has 1 aliphatic carbocycles. The number of benzene rings is 1. The van der Waals surface area contributed by atoms with Gasteiger partial charge in [-0.15, -0.1) is 34.9 Å². The fourth-order valence-electron chi connectivity index (χ4n) is 4.12. The Hall–Kier alpha value is -0.981. The molecule has 0 fully saturated rings. The van der Waals surface area contributed by atoms with Crippen molar-refractivity contribution in [3.63, 3.8) is 0 Å². The molecule has 0 saturated heterocycles. The van der Waals surface area contributed by atoms with Crippen molar-refractivity contribution in [3.8, 4) is 11.3 Å². The van der Waals surface area contributed by atoms with Crippen LogP contribution in [0.1, 0.15) is 79.0 Å². The third-order valence-corrected chi connectivity index (χ3v) is 7.33. The molecule has 0 aliphatic heterocycles. The second-order valence-electron chi connectivity index (χ2n) is 10.2. The molecule has 0 spiro atoms. The Bertz CT molecular complexity index is 805. The van der Waals surface area contributed by atoms with Gasteiger partial charge in [-0.2, -0.15) is 0 Å². The van der Waals surface area contributed by atoms with Crippen LogP contribution >= 0.6 is 0 Å². The summed E-state index contributed by atoms with van der Waals surface area (Å²) >= 11 is 0. The summed E-state index contributed by atoms with van der Waals surface area (Å²) in [4.78, 5) is 4.73. The molecule has 2 aromatic rings. The van der Waals surface area contributed by atoms with Gasteiger partial charge in [0.1, 0.15) is 0 Å². The molecular weight excluding hydrogens is 494 g/mol. The minimum absolute atomic E-state index is 0. The Morgan fingerprint density at radius 1 is 0.885 bits per heavy atom. The average Bonchev–Trinajstić information content (AvgIpc) is 2.62. The van der Waals surface area contributed by atoms with E-state index >= 15 is 0 Å². The SMILES string of the molecule is CC(C)(C)c1ccc(-c2[c-]cc3c(c2)C(C)(C)C(C)(C)C3(C)C)nc1.[Ir]. The molecule has 0 N–H and O–H groups in total. The molecule has 1 heterocycles. The van der Waals surface area contributed by atoms with Crippen LogP contribution in [0, 0.1) is 11.5 Å². The predicted octanol–water partition coefficient (Wildman–Crippen LogP) is 6.44. The van der Waals surface area contributed by atoms with Crippen molar-refractivity contribution in [2.24, 2.45) is 5.41 Å². The van der Waals surface area contributed by atoms with E-state index in [0.717, 1.165) is 11.3 Å². The number of fused-ring (bicyclic) bond motifs is 1. The second kappa shape index (κ2) is 6.28. The Morgan fingerprint density at radius 3 is 1.96 bits per heavy atom. The van der Waals surface area contributed by atoms with Crippen LogP contribution in [0.4, 0.5) is 0 Å². The molecule has 2 heteroatoms. The third kappa shape index (κ3) is 2.90. The molecule has 1 nitrogen and oxygen atoms in total. The van der Waals surface area contributed by atoms with Crippen molar-refractivity contribution < 1.29 is 20.1 Å². The van der Waals surface area contributed by atoms with Crippen molar-refractivity contribution in [2.75, 3.05) is 0 Å². The summed E-state index contributed by atoms with van der Waals surface area (Å²) < 4.78 is 0. The summed E-state index contributed by atoms with van der Waals surface area (Å²) in [5.74, 6) is 0. The molecular formula is C24H32IrN-. The van der Waals surface area contributed by atoms with E-state index in [1.807, 2.05) is 6.20 Å². The van der Waals surface area contributed by atoms with Crippen LogP contribution in [-0.2, 0) is 36.4 Å². The molecule has 0 unspecified atom stereocenters. The van der Waals surface area contributed by atoms with Gasteiger partial charge in [-0.05, 0) is 32.9 Å². The van der Waals surface area contributed by atoms with Gasteiger partial charge in [0.25, 0.3) is 0 Å². The topological polar surface area (TPSA) is 12.9 Å². The first-order chi connectivity index (χ1) is 11.3. The number of hydrogen-bond donors (Lipinski definition) is 0. The normalized spacial score (nSPS) is 19.6. The summed E-state index contributed by atoms with van der Waals surface area (Å²) in [7, 11) is 0. The van der Waals surface area contributed by atoms with Gasteiger partial charge in [0.15, 0.2) is 0 Å². The van der Waals surface area contributed by atoms with Crippen LogP contribution in [0.5, 0.6) is 0 Å². The predicted molar refractivity (Wildman–Crippen MR) is 107 cm³/mol. The minimum Gasteiger partial charge on any atom is -0.304 e. The van der Waals surface area contributed by atoms with Gasteiger partial charge < -0.3 is 4.98 Å². The molecule has 1 radical (unpaired) electrons. The van der Waals surface area contributed by atoms with Crippen LogP contribution < -0.4 is 0 Å². The molecule has 1 aromatic carbocycles. The van der Waals surface area contributed by atoms with Gasteiger partial charge in [-0.1, -0.05) is 74.4 Å². The molecule has 0 saturated carbocycles. The van der Waals surface area contributed by atoms with Crippen molar-refractivity contribution in [1.29, 1.82) is 0 Å². The number of aromatic nitrogens is 1. The van der Waals surface area contributed by atoms with Crippen LogP contribution in [0.25, 0.3) is 11.3 Å². The standard InChI is InChI=1S/C24H32N.Ir/c1-21(2,3)17-11-13-20(25-15-17)16-10-12-18-19(14-16)23(6,7)24(8,9)22(18,4)5;/h11-15H,1-9H3;/q-1;. The fourth-order valence-corrected chi connectivity index (χ4v) is 4.12. The summed E-state index contributed by atoms with van der Waals surface area (Å²) in [6.07, 6.45) is 2.01. The van der Waals surface area contributed by atoms with Crippen LogP contribution in [0.2, 0.25) is 0 Å². The first-order valence-electron chi connectivity index (χ1n) is 9.34. The summed E-state index contributed by atoms with van der Waals surface area (Å²) in [5.41, 5.74) is 6.79. The van der Waals surface area contributed by atoms with Gasteiger partial charge in [-0.25, -0.2) is 0 Å². The van der Waals surface area contributed by atoms with Crippen molar-refractivity contribution >= 4 is 0 Å². The first kappa shape index (κ1) is 21.3. The van der Waals surface area contributed by atoms with Crippen molar-refractivity contribution in [3.05, 3.63) is 53.2 Å². The maximum Gasteiger partial charge on any atom is 0.0198 e. The van der Waals surface area contributed by atoms with E-state index in [0.29, 0.717) is 0 Å². The van der Waals surface area contributed by atoms with E-state index in [2.05, 4.69) is 92.6 Å². The number of pyridine rings is 1. The molecule has 0 bridgehead atoms. The summed E-state index contributed by atoms with van der Waals surface area (Å²) in [6, 6.07) is 12.4. The largest absolute Gasteiger partial charge is 0.304 e. The first-order valence-corrected chi connectivity index (χ1v) is 9.34. The number of hydrogen-bond acceptors (Lipinski definition) is 1. The van der Waals surface area contributed by atoms with E-state index in [9.17, 15) is 0 Å². The Kier molecular flexibility index (Phi) is 5.15. The molecule has 26 heavy (non-hydrogen) atoms. The van der Waals surface area contributed by atoms with Crippen LogP contribution in [0.3, 0.4) is 0 Å². The van der Waals surface area contributed by atoms with Crippen molar-refractivity contribution in [2.45, 2.75) is 78.6 Å². The van der Waals surface area contributed by atoms with Gasteiger partial charge in [0.2, 0.25) is 0 Å². The maximum atomic E-state index is 4.73. The number of rotatable bonds is 1. The van der Waals surface area contributed by atoms with Crippen LogP contribution in [-0.4, -0.2) is 4.98 Å². The van der Waals surface area contributed by atoms with E-state index in [1.165, 1.54) is 16.7 Å². The van der Waals surface area contributed by atoms with E-state index < -0.39 is 0 Å². The zero-order valence-electron chi connectivity index (χ0n) is 17.7. The zero-order valence-corrected chi connectivity index (χ0v) is 20.1. The van der Waals surface area contributed by atoms with E-state index in [-0.39, 0.29) is 41.8 Å². The molecule has 0 atom stereocenters.